The summed E-state index contributed by atoms with van der Waals surface area (Å²) >= 11 is 4.89. The Labute approximate surface area is 97.7 Å². The second-order valence-electron chi connectivity index (χ2n) is 3.40. The summed E-state index contributed by atoms with van der Waals surface area (Å²) in [7, 11) is 0. The molecule has 2 rings (SSSR count). The van der Waals surface area contributed by atoms with Crippen molar-refractivity contribution in [3.05, 3.63) is 53.9 Å². The molecule has 2 N–H and O–H groups in total. The molecule has 0 saturated carbocycles. The van der Waals surface area contributed by atoms with E-state index < -0.39 is 0 Å². The number of nitrogens with zero attached hydrogens (tertiary/aromatic N) is 2. The van der Waals surface area contributed by atoms with Gasteiger partial charge in [-0.15, -0.1) is 0 Å². The van der Waals surface area contributed by atoms with Crippen LogP contribution in [0, 0.1) is 5.82 Å². The largest absolute Gasteiger partial charge is 0.389 e. The third-order valence-corrected chi connectivity index (χ3v) is 2.47. The second kappa shape index (κ2) is 4.40. The van der Waals surface area contributed by atoms with E-state index in [2.05, 4.69) is 4.98 Å². The van der Waals surface area contributed by atoms with E-state index in [0.29, 0.717) is 12.1 Å². The van der Waals surface area contributed by atoms with Gasteiger partial charge in [0.2, 0.25) is 0 Å². The van der Waals surface area contributed by atoms with E-state index in [1.54, 1.807) is 18.6 Å². The zero-order valence-corrected chi connectivity index (χ0v) is 9.25. The lowest BCUT2D eigenvalue weighted by Gasteiger charge is -2.08. The summed E-state index contributed by atoms with van der Waals surface area (Å²) in [6.45, 7) is 0.576. The zero-order chi connectivity index (χ0) is 11.5. The van der Waals surface area contributed by atoms with Crippen LogP contribution in [0.3, 0.4) is 0 Å². The van der Waals surface area contributed by atoms with E-state index in [1.807, 2.05) is 10.8 Å². The van der Waals surface area contributed by atoms with Gasteiger partial charge in [0.1, 0.15) is 10.8 Å². The number of hydrogen-bond acceptors (Lipinski definition) is 2. The van der Waals surface area contributed by atoms with E-state index >= 15 is 0 Å². The van der Waals surface area contributed by atoms with Crippen LogP contribution in [0.5, 0.6) is 0 Å². The molecule has 1 heterocycles. The van der Waals surface area contributed by atoms with Crippen LogP contribution in [-0.4, -0.2) is 14.5 Å². The van der Waals surface area contributed by atoms with Crippen molar-refractivity contribution >= 4 is 17.2 Å². The van der Waals surface area contributed by atoms with E-state index in [0.717, 1.165) is 5.56 Å². The summed E-state index contributed by atoms with van der Waals surface area (Å²) in [6, 6.07) is 4.44. The number of nitrogens with two attached hydrogens (primary N) is 1. The topological polar surface area (TPSA) is 43.8 Å². The van der Waals surface area contributed by atoms with Crippen LogP contribution in [-0.2, 0) is 6.54 Å². The number of hydrogen-bond donors (Lipinski definition) is 1. The van der Waals surface area contributed by atoms with E-state index in [-0.39, 0.29) is 10.8 Å². The van der Waals surface area contributed by atoms with Crippen molar-refractivity contribution in [2.75, 3.05) is 0 Å². The minimum absolute atomic E-state index is 0.203. The fraction of sp³-hybridized carbons (Fsp3) is 0.0909. The molecule has 0 amide bonds. The van der Waals surface area contributed by atoms with Gasteiger partial charge in [-0.3, -0.25) is 0 Å². The summed E-state index contributed by atoms with van der Waals surface area (Å²) in [5.41, 5.74) is 7.01. The number of halogens is 1. The van der Waals surface area contributed by atoms with E-state index in [1.165, 1.54) is 12.1 Å². The Kier molecular flexibility index (Phi) is 2.96. The maximum Gasteiger partial charge on any atom is 0.123 e. The normalized spacial score (nSPS) is 10.3. The van der Waals surface area contributed by atoms with Crippen LogP contribution in [0.2, 0.25) is 0 Å². The molecule has 0 spiro atoms. The molecule has 0 unspecified atom stereocenters. The molecule has 0 aliphatic rings. The third-order valence-electron chi connectivity index (χ3n) is 2.25. The first-order chi connectivity index (χ1) is 7.66. The minimum Gasteiger partial charge on any atom is -0.389 e. The van der Waals surface area contributed by atoms with Gasteiger partial charge in [0.15, 0.2) is 0 Å². The van der Waals surface area contributed by atoms with Gasteiger partial charge in [-0.05, 0) is 17.7 Å². The molecule has 0 bridgehead atoms. The molecule has 0 fully saturated rings. The van der Waals surface area contributed by atoms with Gasteiger partial charge in [-0.1, -0.05) is 18.3 Å². The first-order valence-corrected chi connectivity index (χ1v) is 5.11. The highest BCUT2D eigenvalue weighted by Gasteiger charge is 2.07. The predicted molar refractivity (Wildman–Crippen MR) is 63.6 cm³/mol. The summed E-state index contributed by atoms with van der Waals surface area (Å²) < 4.78 is 14.9. The van der Waals surface area contributed by atoms with Crippen LogP contribution in [0.15, 0.2) is 36.9 Å². The van der Waals surface area contributed by atoms with Gasteiger partial charge in [0, 0.05) is 24.5 Å². The van der Waals surface area contributed by atoms with E-state index in [9.17, 15) is 4.39 Å². The maximum absolute atomic E-state index is 13.1. The van der Waals surface area contributed by atoms with Crippen LogP contribution in [0.25, 0.3) is 0 Å². The highest BCUT2D eigenvalue weighted by Crippen LogP contribution is 2.13. The molecule has 0 saturated heterocycles. The number of thiocarbonyl (C=S) groups is 1. The lowest BCUT2D eigenvalue weighted by Crippen LogP contribution is -2.14. The number of benzene rings is 1. The van der Waals surface area contributed by atoms with Crippen LogP contribution in [0.1, 0.15) is 11.1 Å². The van der Waals surface area contributed by atoms with Gasteiger partial charge >= 0.3 is 0 Å². The minimum atomic E-state index is -0.336. The van der Waals surface area contributed by atoms with Crippen molar-refractivity contribution in [2.24, 2.45) is 5.73 Å². The number of rotatable bonds is 3. The maximum atomic E-state index is 13.1. The third kappa shape index (κ3) is 2.25. The monoisotopic (exact) mass is 235 g/mol. The Morgan fingerprint density at radius 1 is 1.50 bits per heavy atom. The number of imidazole rings is 1. The van der Waals surface area contributed by atoms with Crippen molar-refractivity contribution in [1.82, 2.24) is 9.55 Å². The molecule has 0 aliphatic heterocycles. The molecule has 0 atom stereocenters. The molecule has 2 aromatic rings. The Bertz CT molecular complexity index is 508. The second-order valence-corrected chi connectivity index (χ2v) is 3.84. The molecule has 16 heavy (non-hydrogen) atoms. The van der Waals surface area contributed by atoms with Crippen molar-refractivity contribution in [3.63, 3.8) is 0 Å². The Hall–Kier alpha value is -1.75. The molecule has 5 heteroatoms. The standard InChI is InChI=1S/C11H10FN3S/c12-9-2-1-8(10(5-9)11(13)16)6-15-4-3-14-7-15/h1-5,7H,6H2,(H2,13,16). The lowest BCUT2D eigenvalue weighted by atomic mass is 10.1. The van der Waals surface area contributed by atoms with Gasteiger partial charge < -0.3 is 10.3 Å². The predicted octanol–water partition coefficient (Wildman–Crippen LogP) is 1.70. The molecule has 1 aromatic heterocycles. The molecule has 82 valence electrons. The summed E-state index contributed by atoms with van der Waals surface area (Å²) in [5.74, 6) is -0.336. The Morgan fingerprint density at radius 3 is 2.94 bits per heavy atom. The van der Waals surface area contributed by atoms with Crippen molar-refractivity contribution < 1.29 is 4.39 Å². The van der Waals surface area contributed by atoms with Gasteiger partial charge in [-0.25, -0.2) is 9.37 Å². The summed E-state index contributed by atoms with van der Waals surface area (Å²) in [6.07, 6.45) is 5.20. The van der Waals surface area contributed by atoms with E-state index in [4.69, 9.17) is 18.0 Å². The SMILES string of the molecule is NC(=S)c1cc(F)ccc1Cn1ccnc1. The summed E-state index contributed by atoms with van der Waals surface area (Å²) in [4.78, 5) is 4.14. The van der Waals surface area contributed by atoms with Crippen LogP contribution in [0.4, 0.5) is 4.39 Å². The molecule has 0 aliphatic carbocycles. The molecule has 0 radical (unpaired) electrons. The quantitative estimate of drug-likeness (QED) is 0.824. The zero-order valence-electron chi connectivity index (χ0n) is 8.43. The van der Waals surface area contributed by atoms with Crippen LogP contribution >= 0.6 is 12.2 Å². The first-order valence-electron chi connectivity index (χ1n) is 4.71. The number of aromatic nitrogens is 2. The van der Waals surface area contributed by atoms with Gasteiger partial charge in [0.05, 0.1) is 6.33 Å². The average Bonchev–Trinajstić information content (AvgIpc) is 2.73. The Balaban J connectivity index is 2.36. The van der Waals surface area contributed by atoms with Crippen LogP contribution < -0.4 is 5.73 Å². The highest BCUT2D eigenvalue weighted by molar-refractivity contribution is 7.80. The summed E-state index contributed by atoms with van der Waals surface area (Å²) in [5, 5.41) is 0. The smallest absolute Gasteiger partial charge is 0.123 e. The van der Waals surface area contributed by atoms with Gasteiger partial charge in [0.25, 0.3) is 0 Å². The molecule has 3 nitrogen and oxygen atoms in total. The van der Waals surface area contributed by atoms with Gasteiger partial charge in [-0.2, -0.15) is 0 Å². The fourth-order valence-electron chi connectivity index (χ4n) is 1.49. The molecular weight excluding hydrogens is 225 g/mol. The van der Waals surface area contributed by atoms with Crippen molar-refractivity contribution in [3.8, 4) is 0 Å². The van der Waals surface area contributed by atoms with Crippen molar-refractivity contribution in [1.29, 1.82) is 0 Å². The molecule has 1 aromatic carbocycles. The lowest BCUT2D eigenvalue weighted by molar-refractivity contribution is 0.626. The fourth-order valence-corrected chi connectivity index (χ4v) is 1.68. The Morgan fingerprint density at radius 2 is 2.31 bits per heavy atom. The molecular formula is C11H10FN3S. The highest BCUT2D eigenvalue weighted by atomic mass is 32.1. The first kappa shape index (κ1) is 10.8. The van der Waals surface area contributed by atoms with Crippen molar-refractivity contribution in [2.45, 2.75) is 6.54 Å². The average molecular weight is 235 g/mol.